The van der Waals surface area contributed by atoms with Gasteiger partial charge in [0.15, 0.2) is 0 Å². The zero-order valence-corrected chi connectivity index (χ0v) is 12.0. The van der Waals surface area contributed by atoms with E-state index in [4.69, 9.17) is 0 Å². The topological polar surface area (TPSA) is 50.4 Å². The van der Waals surface area contributed by atoms with Gasteiger partial charge in [0.1, 0.15) is 5.60 Å². The molecule has 2 N–H and O–H groups in total. The van der Waals surface area contributed by atoms with Gasteiger partial charge in [0.25, 0.3) is 6.47 Å². The molecule has 19 heavy (non-hydrogen) atoms. The number of ether oxygens (including phenoxy) is 1. The van der Waals surface area contributed by atoms with E-state index in [1.807, 2.05) is 20.8 Å². The smallest absolute Gasteiger partial charge is 0.293 e. The van der Waals surface area contributed by atoms with Crippen LogP contribution in [0.25, 0.3) is 0 Å². The molecule has 1 aromatic carbocycles. The molecular formula is C15H24N2O2. The van der Waals surface area contributed by atoms with Crippen LogP contribution in [-0.2, 0) is 9.53 Å². The summed E-state index contributed by atoms with van der Waals surface area (Å²) in [6.07, 6.45) is 0. The maximum absolute atomic E-state index is 9.60. The first-order chi connectivity index (χ1) is 9.03. The Morgan fingerprint density at radius 1 is 1.21 bits per heavy atom. The summed E-state index contributed by atoms with van der Waals surface area (Å²) in [5, 5.41) is 6.84. The Hall–Kier alpha value is -1.39. The van der Waals surface area contributed by atoms with Crippen LogP contribution in [0.1, 0.15) is 32.4 Å². The van der Waals surface area contributed by atoms with Crippen molar-refractivity contribution < 1.29 is 9.53 Å². The van der Waals surface area contributed by atoms with Crippen LogP contribution in [0.5, 0.6) is 0 Å². The second kappa shape index (κ2) is 7.92. The third kappa shape index (κ3) is 6.94. The molecule has 1 unspecified atom stereocenters. The molecule has 0 bridgehead atoms. The van der Waals surface area contributed by atoms with E-state index in [1.165, 1.54) is 5.56 Å². The number of carbonyl (C=O) groups excluding carboxylic acids is 1. The van der Waals surface area contributed by atoms with E-state index in [2.05, 4.69) is 45.7 Å². The SMILES string of the molecule is CC(C)(C)OC=O.c1ccc(C2CNCCN2)cc1. The van der Waals surface area contributed by atoms with Gasteiger partial charge >= 0.3 is 0 Å². The molecule has 0 saturated carbocycles. The highest BCUT2D eigenvalue weighted by Crippen LogP contribution is 2.12. The average molecular weight is 264 g/mol. The molecule has 0 aliphatic carbocycles. The lowest BCUT2D eigenvalue weighted by Gasteiger charge is -2.24. The summed E-state index contributed by atoms with van der Waals surface area (Å²) >= 11 is 0. The third-order valence-corrected chi connectivity index (χ3v) is 2.64. The van der Waals surface area contributed by atoms with Gasteiger partial charge in [0.2, 0.25) is 0 Å². The van der Waals surface area contributed by atoms with Crippen LogP contribution >= 0.6 is 0 Å². The molecule has 0 amide bonds. The molecule has 4 nitrogen and oxygen atoms in total. The zero-order chi connectivity index (χ0) is 14.1. The molecule has 106 valence electrons. The second-order valence-corrected chi connectivity index (χ2v) is 5.45. The minimum absolute atomic E-state index is 0.318. The van der Waals surface area contributed by atoms with Crippen LogP contribution < -0.4 is 10.6 Å². The van der Waals surface area contributed by atoms with Crippen LogP contribution in [0.3, 0.4) is 0 Å². The molecule has 4 heteroatoms. The quantitative estimate of drug-likeness (QED) is 0.801. The third-order valence-electron chi connectivity index (χ3n) is 2.64. The van der Waals surface area contributed by atoms with Crippen molar-refractivity contribution in [2.75, 3.05) is 19.6 Å². The minimum Gasteiger partial charge on any atom is -0.462 e. The summed E-state index contributed by atoms with van der Waals surface area (Å²) in [5.74, 6) is 0. The summed E-state index contributed by atoms with van der Waals surface area (Å²) in [5.41, 5.74) is 1.06. The van der Waals surface area contributed by atoms with Gasteiger partial charge in [-0.2, -0.15) is 0 Å². The highest BCUT2D eigenvalue weighted by atomic mass is 16.5. The van der Waals surface area contributed by atoms with E-state index in [0.717, 1.165) is 19.6 Å². The molecule has 0 radical (unpaired) electrons. The van der Waals surface area contributed by atoms with Gasteiger partial charge in [-0.3, -0.25) is 4.79 Å². The Bertz CT molecular complexity index is 354. The van der Waals surface area contributed by atoms with E-state index in [9.17, 15) is 4.79 Å². The van der Waals surface area contributed by atoms with Crippen molar-refractivity contribution in [2.45, 2.75) is 32.4 Å². The van der Waals surface area contributed by atoms with Crippen LogP contribution in [0, 0.1) is 0 Å². The normalized spacial score (nSPS) is 19.0. The first-order valence-corrected chi connectivity index (χ1v) is 6.63. The van der Waals surface area contributed by atoms with Gasteiger partial charge < -0.3 is 15.4 Å². The number of benzene rings is 1. The molecule has 1 saturated heterocycles. The molecule has 0 aromatic heterocycles. The number of nitrogens with one attached hydrogen (secondary N) is 2. The van der Waals surface area contributed by atoms with Gasteiger partial charge in [0, 0.05) is 25.7 Å². The van der Waals surface area contributed by atoms with Crippen molar-refractivity contribution in [3.05, 3.63) is 35.9 Å². The number of piperazine rings is 1. The Balaban J connectivity index is 0.000000224. The standard InChI is InChI=1S/C10H14N2.C5H10O2/c1-2-4-9(5-3-1)10-8-11-6-7-12-10;1-5(2,3)7-4-6/h1-5,10-12H,6-8H2;4H,1-3H3. The van der Waals surface area contributed by atoms with Crippen molar-refractivity contribution in [3.8, 4) is 0 Å². The van der Waals surface area contributed by atoms with E-state index in [0.29, 0.717) is 12.5 Å². The molecule has 2 rings (SSSR count). The Morgan fingerprint density at radius 3 is 2.32 bits per heavy atom. The largest absolute Gasteiger partial charge is 0.462 e. The van der Waals surface area contributed by atoms with E-state index < -0.39 is 0 Å². The fourth-order valence-corrected chi connectivity index (χ4v) is 1.72. The van der Waals surface area contributed by atoms with Gasteiger partial charge in [0.05, 0.1) is 0 Å². The van der Waals surface area contributed by atoms with Gasteiger partial charge in [-0.05, 0) is 26.3 Å². The van der Waals surface area contributed by atoms with Crippen LogP contribution in [0.2, 0.25) is 0 Å². The van der Waals surface area contributed by atoms with Gasteiger partial charge in [-0.15, -0.1) is 0 Å². The monoisotopic (exact) mass is 264 g/mol. The summed E-state index contributed by atoms with van der Waals surface area (Å²) in [4.78, 5) is 9.60. The predicted molar refractivity (Wildman–Crippen MR) is 77.0 cm³/mol. The van der Waals surface area contributed by atoms with Crippen LogP contribution in [-0.4, -0.2) is 31.7 Å². The predicted octanol–water partition coefficient (Wildman–Crippen LogP) is 1.88. The molecule has 1 fully saturated rings. The molecular weight excluding hydrogens is 240 g/mol. The van der Waals surface area contributed by atoms with Crippen molar-refractivity contribution in [1.82, 2.24) is 10.6 Å². The first kappa shape index (κ1) is 15.7. The number of carbonyl (C=O) groups is 1. The maximum Gasteiger partial charge on any atom is 0.293 e. The maximum atomic E-state index is 9.60. The summed E-state index contributed by atoms with van der Waals surface area (Å²) in [7, 11) is 0. The average Bonchev–Trinajstić information content (AvgIpc) is 2.40. The highest BCUT2D eigenvalue weighted by Gasteiger charge is 2.12. The van der Waals surface area contributed by atoms with Crippen molar-refractivity contribution in [3.63, 3.8) is 0 Å². The second-order valence-electron chi connectivity index (χ2n) is 5.45. The highest BCUT2D eigenvalue weighted by molar-refractivity contribution is 5.37. The van der Waals surface area contributed by atoms with E-state index in [1.54, 1.807) is 0 Å². The molecule has 1 heterocycles. The van der Waals surface area contributed by atoms with Crippen molar-refractivity contribution in [1.29, 1.82) is 0 Å². The molecule has 1 atom stereocenters. The fourth-order valence-electron chi connectivity index (χ4n) is 1.72. The lowest BCUT2D eigenvalue weighted by Crippen LogP contribution is -2.42. The summed E-state index contributed by atoms with van der Waals surface area (Å²) < 4.78 is 4.55. The Labute approximate surface area is 115 Å². The first-order valence-electron chi connectivity index (χ1n) is 6.63. The molecule has 1 aliphatic rings. The van der Waals surface area contributed by atoms with Crippen molar-refractivity contribution in [2.24, 2.45) is 0 Å². The van der Waals surface area contributed by atoms with Crippen LogP contribution in [0.4, 0.5) is 0 Å². The fraction of sp³-hybridized carbons (Fsp3) is 0.533. The van der Waals surface area contributed by atoms with E-state index in [-0.39, 0.29) is 5.60 Å². The number of hydrogen-bond donors (Lipinski definition) is 2. The number of rotatable bonds is 2. The zero-order valence-electron chi connectivity index (χ0n) is 12.0. The molecule has 1 aromatic rings. The van der Waals surface area contributed by atoms with E-state index >= 15 is 0 Å². The minimum atomic E-state index is -0.318. The summed E-state index contributed by atoms with van der Waals surface area (Å²) in [6, 6.07) is 11.1. The molecule has 1 aliphatic heterocycles. The van der Waals surface area contributed by atoms with Crippen molar-refractivity contribution >= 4 is 6.47 Å². The summed E-state index contributed by atoms with van der Waals surface area (Å²) in [6.45, 7) is 9.12. The lowest BCUT2D eigenvalue weighted by molar-refractivity contribution is -0.138. The molecule has 0 spiro atoms. The van der Waals surface area contributed by atoms with Crippen LogP contribution in [0.15, 0.2) is 30.3 Å². The Morgan fingerprint density at radius 2 is 1.89 bits per heavy atom. The van der Waals surface area contributed by atoms with Gasteiger partial charge in [-0.1, -0.05) is 30.3 Å². The lowest BCUT2D eigenvalue weighted by atomic mass is 10.1. The number of hydrogen-bond acceptors (Lipinski definition) is 4. The van der Waals surface area contributed by atoms with Gasteiger partial charge in [-0.25, -0.2) is 0 Å². The Kier molecular flexibility index (Phi) is 6.53.